The van der Waals surface area contributed by atoms with Crippen molar-refractivity contribution in [2.45, 2.75) is 20.0 Å². The van der Waals surface area contributed by atoms with Crippen molar-refractivity contribution >= 4 is 32.6 Å². The second kappa shape index (κ2) is 9.56. The SMILES string of the molecule is CCN(CC)CCN(C(=O)c1cccc(C(F)(F)F)c1)c1nc2cc3c(cc2s1)OCCO3. The van der Waals surface area contributed by atoms with Gasteiger partial charge < -0.3 is 14.4 Å². The Balaban J connectivity index is 1.71. The van der Waals surface area contributed by atoms with E-state index in [1.807, 2.05) is 19.9 Å². The molecule has 0 saturated carbocycles. The van der Waals surface area contributed by atoms with E-state index in [0.717, 1.165) is 29.9 Å². The van der Waals surface area contributed by atoms with Crippen LogP contribution in [0, 0.1) is 0 Å². The highest BCUT2D eigenvalue weighted by atomic mass is 32.1. The second-order valence-corrected chi connectivity index (χ2v) is 8.53. The third kappa shape index (κ3) is 5.06. The average Bonchev–Trinajstić information content (AvgIpc) is 3.22. The zero-order valence-corrected chi connectivity index (χ0v) is 19.1. The third-order valence-corrected chi connectivity index (χ3v) is 6.53. The van der Waals surface area contributed by atoms with Gasteiger partial charge in [-0.15, -0.1) is 0 Å². The third-order valence-electron chi connectivity index (χ3n) is 5.49. The molecule has 0 bridgehead atoms. The predicted octanol–water partition coefficient (Wildman–Crippen LogP) is 5.07. The van der Waals surface area contributed by atoms with E-state index in [-0.39, 0.29) is 5.56 Å². The number of hydrogen-bond donors (Lipinski definition) is 0. The summed E-state index contributed by atoms with van der Waals surface area (Å²) < 4.78 is 51.7. The van der Waals surface area contributed by atoms with Gasteiger partial charge in [0.15, 0.2) is 16.6 Å². The molecule has 0 spiro atoms. The standard InChI is InChI=1S/C23H24F3N3O3S/c1-3-28(4-2)8-9-29(21(30)15-6-5-7-16(12-15)23(24,25)26)22-27-17-13-18-19(14-20(17)33-22)32-11-10-31-18/h5-7,12-14H,3-4,8-11H2,1-2H3. The Morgan fingerprint density at radius 1 is 1.06 bits per heavy atom. The van der Waals surface area contributed by atoms with Gasteiger partial charge in [0.25, 0.3) is 5.91 Å². The number of hydrogen-bond acceptors (Lipinski definition) is 6. The van der Waals surface area contributed by atoms with E-state index in [9.17, 15) is 18.0 Å². The maximum absolute atomic E-state index is 13.4. The van der Waals surface area contributed by atoms with Gasteiger partial charge in [-0.2, -0.15) is 13.2 Å². The van der Waals surface area contributed by atoms with Crippen LogP contribution >= 0.6 is 11.3 Å². The van der Waals surface area contributed by atoms with E-state index in [1.165, 1.54) is 28.4 Å². The van der Waals surface area contributed by atoms with E-state index < -0.39 is 17.6 Å². The van der Waals surface area contributed by atoms with E-state index in [0.29, 0.717) is 48.5 Å². The number of carbonyl (C=O) groups is 1. The number of benzene rings is 2. The summed E-state index contributed by atoms with van der Waals surface area (Å²) in [5.74, 6) is 0.678. The molecule has 0 unspecified atom stereocenters. The summed E-state index contributed by atoms with van der Waals surface area (Å²) in [6.45, 7) is 7.38. The molecule has 0 radical (unpaired) electrons. The van der Waals surface area contributed by atoms with Gasteiger partial charge in [0.1, 0.15) is 13.2 Å². The van der Waals surface area contributed by atoms with Crippen molar-refractivity contribution in [2.75, 3.05) is 44.3 Å². The average molecular weight is 480 g/mol. The Morgan fingerprint density at radius 2 is 1.76 bits per heavy atom. The van der Waals surface area contributed by atoms with Crippen molar-refractivity contribution in [3.8, 4) is 11.5 Å². The van der Waals surface area contributed by atoms with Crippen molar-refractivity contribution in [3.63, 3.8) is 0 Å². The van der Waals surface area contributed by atoms with E-state index in [2.05, 4.69) is 9.88 Å². The number of amides is 1. The highest BCUT2D eigenvalue weighted by Crippen LogP contribution is 2.39. The number of thiazole rings is 1. The maximum Gasteiger partial charge on any atom is 0.416 e. The van der Waals surface area contributed by atoms with Gasteiger partial charge >= 0.3 is 6.18 Å². The van der Waals surface area contributed by atoms with Crippen LogP contribution < -0.4 is 14.4 Å². The first-order valence-electron chi connectivity index (χ1n) is 10.7. The zero-order chi connectivity index (χ0) is 23.6. The number of fused-ring (bicyclic) bond motifs is 2. The fourth-order valence-electron chi connectivity index (χ4n) is 3.62. The van der Waals surface area contributed by atoms with Crippen LogP contribution in [0.1, 0.15) is 29.8 Å². The lowest BCUT2D eigenvalue weighted by atomic mass is 10.1. The van der Waals surface area contributed by atoms with E-state index in [4.69, 9.17) is 9.47 Å². The Morgan fingerprint density at radius 3 is 2.42 bits per heavy atom. The summed E-state index contributed by atoms with van der Waals surface area (Å²) in [6.07, 6.45) is -4.53. The fourth-order valence-corrected chi connectivity index (χ4v) is 4.62. The highest BCUT2D eigenvalue weighted by Gasteiger charge is 2.32. The minimum Gasteiger partial charge on any atom is -0.486 e. The molecule has 176 valence electrons. The molecule has 33 heavy (non-hydrogen) atoms. The molecule has 0 aliphatic carbocycles. The first-order valence-corrected chi connectivity index (χ1v) is 11.5. The number of nitrogens with zero attached hydrogens (tertiary/aromatic N) is 3. The molecular formula is C23H24F3N3O3S. The number of ether oxygens (including phenoxy) is 2. The quantitative estimate of drug-likeness (QED) is 0.473. The lowest BCUT2D eigenvalue weighted by Crippen LogP contribution is -2.39. The summed E-state index contributed by atoms with van der Waals surface area (Å²) >= 11 is 1.30. The monoisotopic (exact) mass is 479 g/mol. The number of likely N-dealkylation sites (N-methyl/N-ethyl adjacent to an activating group) is 1. The minimum atomic E-state index is -4.53. The Hall–Kier alpha value is -2.85. The van der Waals surface area contributed by atoms with Crippen LogP contribution in [0.4, 0.5) is 18.3 Å². The molecule has 2 heterocycles. The molecule has 0 atom stereocenters. The van der Waals surface area contributed by atoms with Gasteiger partial charge in [0.05, 0.1) is 15.8 Å². The summed E-state index contributed by atoms with van der Waals surface area (Å²) in [5, 5.41) is 0.418. The van der Waals surface area contributed by atoms with Gasteiger partial charge in [-0.05, 0) is 31.3 Å². The van der Waals surface area contributed by atoms with Gasteiger partial charge in [-0.25, -0.2) is 4.98 Å². The van der Waals surface area contributed by atoms with Gasteiger partial charge in [0, 0.05) is 30.8 Å². The molecule has 3 aromatic rings. The van der Waals surface area contributed by atoms with Crippen molar-refractivity contribution in [3.05, 3.63) is 47.5 Å². The smallest absolute Gasteiger partial charge is 0.416 e. The van der Waals surface area contributed by atoms with Crippen LogP contribution in [0.3, 0.4) is 0 Å². The largest absolute Gasteiger partial charge is 0.486 e. The number of aromatic nitrogens is 1. The number of carbonyl (C=O) groups excluding carboxylic acids is 1. The first-order chi connectivity index (χ1) is 15.8. The van der Waals surface area contributed by atoms with Crippen LogP contribution in [-0.2, 0) is 6.18 Å². The van der Waals surface area contributed by atoms with Crippen molar-refractivity contribution in [2.24, 2.45) is 0 Å². The second-order valence-electron chi connectivity index (χ2n) is 7.52. The molecule has 1 aliphatic heterocycles. The topological polar surface area (TPSA) is 54.9 Å². The van der Waals surface area contributed by atoms with Crippen LogP contribution in [0.15, 0.2) is 36.4 Å². The van der Waals surface area contributed by atoms with Crippen LogP contribution in [0.25, 0.3) is 10.2 Å². The van der Waals surface area contributed by atoms with Crippen LogP contribution in [-0.4, -0.2) is 55.2 Å². The Kier molecular flexibility index (Phi) is 6.76. The molecule has 1 amide bonds. The lowest BCUT2D eigenvalue weighted by molar-refractivity contribution is -0.137. The normalized spacial score (nSPS) is 13.5. The molecule has 2 aromatic carbocycles. The number of halogens is 3. The number of anilines is 1. The van der Waals surface area contributed by atoms with Crippen molar-refractivity contribution < 1.29 is 27.4 Å². The van der Waals surface area contributed by atoms with E-state index >= 15 is 0 Å². The molecule has 6 nitrogen and oxygen atoms in total. The van der Waals surface area contributed by atoms with Crippen LogP contribution in [0.5, 0.6) is 11.5 Å². The van der Waals surface area contributed by atoms with Gasteiger partial charge in [-0.3, -0.25) is 9.69 Å². The summed E-state index contributed by atoms with van der Waals surface area (Å²) in [4.78, 5) is 21.6. The molecule has 0 fully saturated rings. The molecule has 4 rings (SSSR count). The zero-order valence-electron chi connectivity index (χ0n) is 18.3. The van der Waals surface area contributed by atoms with Crippen molar-refractivity contribution in [1.82, 2.24) is 9.88 Å². The molecule has 0 saturated heterocycles. The number of alkyl halides is 3. The maximum atomic E-state index is 13.4. The van der Waals surface area contributed by atoms with Gasteiger partial charge in [-0.1, -0.05) is 31.3 Å². The molecule has 10 heteroatoms. The molecule has 0 N–H and O–H groups in total. The Labute approximate surface area is 193 Å². The predicted molar refractivity (Wildman–Crippen MR) is 122 cm³/mol. The molecule has 1 aromatic heterocycles. The highest BCUT2D eigenvalue weighted by molar-refractivity contribution is 7.22. The Bertz CT molecular complexity index is 1100. The number of rotatable bonds is 7. The first kappa shape index (κ1) is 23.3. The summed E-state index contributed by atoms with van der Waals surface area (Å²) in [7, 11) is 0. The molecular weight excluding hydrogens is 455 g/mol. The minimum absolute atomic E-state index is 0.0328. The summed E-state index contributed by atoms with van der Waals surface area (Å²) in [6, 6.07) is 8.08. The molecule has 1 aliphatic rings. The lowest BCUT2D eigenvalue weighted by Gasteiger charge is -2.25. The van der Waals surface area contributed by atoms with Crippen molar-refractivity contribution in [1.29, 1.82) is 0 Å². The van der Waals surface area contributed by atoms with Crippen LogP contribution in [0.2, 0.25) is 0 Å². The van der Waals surface area contributed by atoms with Gasteiger partial charge in [0.2, 0.25) is 0 Å². The van der Waals surface area contributed by atoms with E-state index in [1.54, 1.807) is 6.07 Å². The summed E-state index contributed by atoms with van der Waals surface area (Å²) in [5.41, 5.74) is -0.248. The fraction of sp³-hybridized carbons (Fsp3) is 0.391.